The van der Waals surface area contributed by atoms with Crippen molar-refractivity contribution < 1.29 is 9.59 Å². The van der Waals surface area contributed by atoms with Crippen molar-refractivity contribution in [3.05, 3.63) is 41.6 Å². The molecule has 0 bridgehead atoms. The minimum Gasteiger partial charge on any atom is -0.355 e. The van der Waals surface area contributed by atoms with E-state index in [0.717, 1.165) is 12.1 Å². The molecule has 3 rings (SSSR count). The van der Waals surface area contributed by atoms with Gasteiger partial charge < -0.3 is 10.6 Å². The molecule has 0 saturated heterocycles. The lowest BCUT2D eigenvalue weighted by Crippen LogP contribution is -2.29. The minimum atomic E-state index is -0.178. The first-order chi connectivity index (χ1) is 11.5. The van der Waals surface area contributed by atoms with Gasteiger partial charge in [-0.3, -0.25) is 9.59 Å². The van der Waals surface area contributed by atoms with Crippen LogP contribution in [0, 0.1) is 11.8 Å². The highest BCUT2D eigenvalue weighted by molar-refractivity contribution is 6.30. The largest absolute Gasteiger partial charge is 0.355 e. The Bertz CT molecular complexity index is 759. The van der Waals surface area contributed by atoms with E-state index in [9.17, 15) is 9.59 Å². The number of benzene rings is 1. The molecule has 0 aliphatic heterocycles. The Morgan fingerprint density at radius 3 is 2.88 bits per heavy atom. The van der Waals surface area contributed by atoms with E-state index in [1.54, 1.807) is 29.1 Å². The van der Waals surface area contributed by atoms with E-state index in [4.69, 9.17) is 11.6 Å². The number of hydrogen-bond acceptors (Lipinski definition) is 3. The Labute approximate surface area is 145 Å². The number of aromatic nitrogens is 2. The summed E-state index contributed by atoms with van der Waals surface area (Å²) >= 11 is 5.99. The second-order valence-corrected chi connectivity index (χ2v) is 6.45. The number of halogens is 1. The van der Waals surface area contributed by atoms with Crippen LogP contribution in [0.5, 0.6) is 0 Å². The molecule has 1 aromatic heterocycles. The van der Waals surface area contributed by atoms with E-state index in [2.05, 4.69) is 15.7 Å². The van der Waals surface area contributed by atoms with Crippen LogP contribution >= 0.6 is 11.6 Å². The molecular formula is C17H19ClN4O2. The van der Waals surface area contributed by atoms with Crippen molar-refractivity contribution in [2.45, 2.75) is 19.8 Å². The third-order valence-corrected chi connectivity index (χ3v) is 4.30. The van der Waals surface area contributed by atoms with Crippen LogP contribution in [0.1, 0.15) is 19.8 Å². The summed E-state index contributed by atoms with van der Waals surface area (Å²) in [5, 5.41) is 10.4. The molecule has 6 nitrogen and oxygen atoms in total. The minimum absolute atomic E-state index is 0.0410. The lowest BCUT2D eigenvalue weighted by atomic mass is 10.3. The molecule has 24 heavy (non-hydrogen) atoms. The summed E-state index contributed by atoms with van der Waals surface area (Å²) in [5.74, 6) is 1.01. The predicted molar refractivity (Wildman–Crippen MR) is 92.1 cm³/mol. The molecule has 0 spiro atoms. The van der Waals surface area contributed by atoms with Crippen molar-refractivity contribution in [2.75, 3.05) is 11.9 Å². The highest BCUT2D eigenvalue weighted by Crippen LogP contribution is 2.37. The van der Waals surface area contributed by atoms with Gasteiger partial charge in [-0.25, -0.2) is 4.68 Å². The predicted octanol–water partition coefficient (Wildman–Crippen LogP) is 2.63. The first kappa shape index (κ1) is 16.5. The molecule has 1 aliphatic carbocycles. The molecule has 0 radical (unpaired) electrons. The van der Waals surface area contributed by atoms with Gasteiger partial charge in [0.25, 0.3) is 0 Å². The number of anilines is 1. The van der Waals surface area contributed by atoms with Crippen molar-refractivity contribution in [1.29, 1.82) is 0 Å². The highest BCUT2D eigenvalue weighted by Gasteiger charge is 2.38. The van der Waals surface area contributed by atoms with Gasteiger partial charge in [0.05, 0.1) is 11.9 Å². The average molecular weight is 347 g/mol. The summed E-state index contributed by atoms with van der Waals surface area (Å²) in [6.45, 7) is 2.38. The van der Waals surface area contributed by atoms with Gasteiger partial charge in [-0.15, -0.1) is 0 Å². The van der Waals surface area contributed by atoms with E-state index in [1.807, 2.05) is 19.1 Å². The van der Waals surface area contributed by atoms with Gasteiger partial charge in [-0.05, 0) is 30.5 Å². The number of rotatable bonds is 6. The summed E-state index contributed by atoms with van der Waals surface area (Å²) in [6.07, 6.45) is 2.76. The zero-order valence-corrected chi connectivity index (χ0v) is 14.1. The van der Waals surface area contributed by atoms with E-state index in [-0.39, 0.29) is 24.2 Å². The third kappa shape index (κ3) is 3.94. The number of carbonyl (C=O) groups is 2. The van der Waals surface area contributed by atoms with Crippen LogP contribution in [0.25, 0.3) is 5.69 Å². The molecule has 126 valence electrons. The molecule has 1 heterocycles. The summed E-state index contributed by atoms with van der Waals surface area (Å²) in [5.41, 5.74) is 0.763. The normalized spacial score (nSPS) is 18.9. The van der Waals surface area contributed by atoms with Gasteiger partial charge in [0.1, 0.15) is 5.82 Å². The van der Waals surface area contributed by atoms with Gasteiger partial charge in [-0.2, -0.15) is 5.10 Å². The fraction of sp³-hybridized carbons (Fsp3) is 0.353. The Kier molecular flexibility index (Phi) is 4.85. The molecular weight excluding hydrogens is 328 g/mol. The fourth-order valence-electron chi connectivity index (χ4n) is 2.53. The number of hydrogen-bond donors (Lipinski definition) is 2. The molecule has 1 aromatic carbocycles. The first-order valence-electron chi connectivity index (χ1n) is 7.92. The Morgan fingerprint density at radius 1 is 1.38 bits per heavy atom. The Hall–Kier alpha value is -2.34. The SMILES string of the molecule is C[C@@H]1C[C@@H]1C(=O)NCCC(=O)Nc1ccnn1-c1cccc(Cl)c1. The third-order valence-electron chi connectivity index (χ3n) is 4.06. The van der Waals surface area contributed by atoms with Gasteiger partial charge in [0.15, 0.2) is 0 Å². The van der Waals surface area contributed by atoms with E-state index in [1.165, 1.54) is 0 Å². The van der Waals surface area contributed by atoms with Gasteiger partial charge in [-0.1, -0.05) is 24.6 Å². The number of carbonyl (C=O) groups excluding carboxylic acids is 2. The molecule has 2 aromatic rings. The molecule has 1 saturated carbocycles. The molecule has 2 N–H and O–H groups in total. The molecule has 2 atom stereocenters. The van der Waals surface area contributed by atoms with Crippen LogP contribution in [-0.4, -0.2) is 28.1 Å². The van der Waals surface area contributed by atoms with E-state index >= 15 is 0 Å². The smallest absolute Gasteiger partial charge is 0.227 e. The zero-order chi connectivity index (χ0) is 17.1. The summed E-state index contributed by atoms with van der Waals surface area (Å²) in [7, 11) is 0. The number of amides is 2. The van der Waals surface area contributed by atoms with Gasteiger partial charge in [0, 0.05) is 30.0 Å². The molecule has 1 fully saturated rings. The van der Waals surface area contributed by atoms with Crippen LogP contribution in [0.3, 0.4) is 0 Å². The van der Waals surface area contributed by atoms with Crippen molar-refractivity contribution >= 4 is 29.2 Å². The van der Waals surface area contributed by atoms with Gasteiger partial charge >= 0.3 is 0 Å². The second-order valence-electron chi connectivity index (χ2n) is 6.02. The van der Waals surface area contributed by atoms with E-state index < -0.39 is 0 Å². The molecule has 7 heteroatoms. The van der Waals surface area contributed by atoms with Crippen LogP contribution < -0.4 is 10.6 Å². The van der Waals surface area contributed by atoms with E-state index in [0.29, 0.717) is 23.3 Å². The highest BCUT2D eigenvalue weighted by atomic mass is 35.5. The molecule has 2 amide bonds. The zero-order valence-electron chi connectivity index (χ0n) is 13.3. The average Bonchev–Trinajstić information content (AvgIpc) is 3.10. The maximum Gasteiger partial charge on any atom is 0.227 e. The van der Waals surface area contributed by atoms with Crippen LogP contribution in [0.2, 0.25) is 5.02 Å². The molecule has 0 unspecified atom stereocenters. The maximum absolute atomic E-state index is 12.1. The van der Waals surface area contributed by atoms with Crippen molar-refractivity contribution in [1.82, 2.24) is 15.1 Å². The maximum atomic E-state index is 12.1. The van der Waals surface area contributed by atoms with Crippen molar-refractivity contribution in [2.24, 2.45) is 11.8 Å². The molecule has 1 aliphatic rings. The van der Waals surface area contributed by atoms with Crippen LogP contribution in [0.4, 0.5) is 5.82 Å². The van der Waals surface area contributed by atoms with Crippen LogP contribution in [0.15, 0.2) is 36.5 Å². The quantitative estimate of drug-likeness (QED) is 0.844. The fourth-order valence-corrected chi connectivity index (χ4v) is 2.72. The summed E-state index contributed by atoms with van der Waals surface area (Å²) < 4.78 is 1.61. The van der Waals surface area contributed by atoms with Crippen LogP contribution in [-0.2, 0) is 9.59 Å². The first-order valence-corrected chi connectivity index (χ1v) is 8.30. The summed E-state index contributed by atoms with van der Waals surface area (Å²) in [6, 6.07) is 8.92. The summed E-state index contributed by atoms with van der Waals surface area (Å²) in [4.78, 5) is 23.8. The number of nitrogens with one attached hydrogen (secondary N) is 2. The lowest BCUT2D eigenvalue weighted by Gasteiger charge is -2.09. The monoisotopic (exact) mass is 346 g/mol. The Balaban J connectivity index is 1.54. The second kappa shape index (κ2) is 7.05. The van der Waals surface area contributed by atoms with Crippen molar-refractivity contribution in [3.63, 3.8) is 0 Å². The topological polar surface area (TPSA) is 76.0 Å². The standard InChI is InChI=1S/C17H19ClN4O2/c1-11-9-14(11)17(24)19-7-6-16(23)21-15-5-8-20-22(15)13-4-2-3-12(18)10-13/h2-5,8,10-11,14H,6-7,9H2,1H3,(H,19,24)(H,21,23)/t11-,14+/m1/s1. The Morgan fingerprint density at radius 2 is 2.17 bits per heavy atom. The lowest BCUT2D eigenvalue weighted by molar-refractivity contribution is -0.122. The van der Waals surface area contributed by atoms with Crippen molar-refractivity contribution in [3.8, 4) is 5.69 Å². The van der Waals surface area contributed by atoms with Gasteiger partial charge in [0.2, 0.25) is 11.8 Å². The number of nitrogens with zero attached hydrogens (tertiary/aromatic N) is 2.